The van der Waals surface area contributed by atoms with E-state index in [4.69, 9.17) is 4.74 Å². The van der Waals surface area contributed by atoms with Crippen molar-refractivity contribution >= 4 is 17.5 Å². The molecule has 2 heterocycles. The third-order valence-electron chi connectivity index (χ3n) is 5.97. The smallest absolute Gasteiger partial charge is 0.239 e. The van der Waals surface area contributed by atoms with Gasteiger partial charge in [0.25, 0.3) is 0 Å². The number of halogens is 1. The van der Waals surface area contributed by atoms with Crippen LogP contribution in [0.4, 0.5) is 10.1 Å². The molecular weight excluding hydrogens is 385 g/mol. The fourth-order valence-corrected chi connectivity index (χ4v) is 4.17. The molecular formula is C23H26FN3O3. The lowest BCUT2D eigenvalue weighted by Crippen LogP contribution is -2.48. The molecule has 158 valence electrons. The van der Waals surface area contributed by atoms with Crippen molar-refractivity contribution in [2.75, 3.05) is 37.7 Å². The van der Waals surface area contributed by atoms with Crippen molar-refractivity contribution in [3.05, 3.63) is 65.5 Å². The Bertz CT molecular complexity index is 893. The zero-order valence-electron chi connectivity index (χ0n) is 16.8. The lowest BCUT2D eigenvalue weighted by atomic mass is 9.73. The van der Waals surface area contributed by atoms with E-state index in [1.54, 1.807) is 12.1 Å². The van der Waals surface area contributed by atoms with Crippen molar-refractivity contribution in [2.24, 2.45) is 0 Å². The van der Waals surface area contributed by atoms with Crippen LogP contribution in [0.1, 0.15) is 24.0 Å². The van der Waals surface area contributed by atoms with Crippen LogP contribution in [0.25, 0.3) is 0 Å². The largest absolute Gasteiger partial charge is 0.381 e. The average Bonchev–Trinajstić information content (AvgIpc) is 2.79. The summed E-state index contributed by atoms with van der Waals surface area (Å²) in [7, 11) is 0. The molecule has 30 heavy (non-hydrogen) atoms. The molecule has 0 bridgehead atoms. The summed E-state index contributed by atoms with van der Waals surface area (Å²) in [6.45, 7) is 3.20. The number of nitrogens with one attached hydrogen (secondary N) is 2. The molecule has 0 aromatic heterocycles. The summed E-state index contributed by atoms with van der Waals surface area (Å²) in [5, 5.41) is 5.88. The molecule has 0 unspecified atom stereocenters. The Morgan fingerprint density at radius 2 is 1.80 bits per heavy atom. The van der Waals surface area contributed by atoms with E-state index in [0.717, 1.165) is 23.4 Å². The second-order valence-electron chi connectivity index (χ2n) is 7.82. The van der Waals surface area contributed by atoms with Crippen molar-refractivity contribution in [1.82, 2.24) is 10.6 Å². The molecule has 0 radical (unpaired) electrons. The molecule has 7 heteroatoms. The molecule has 2 N–H and O–H groups in total. The van der Waals surface area contributed by atoms with E-state index in [1.165, 1.54) is 12.1 Å². The number of piperazine rings is 1. The number of carbonyl (C=O) groups is 2. The maximum absolute atomic E-state index is 13.4. The summed E-state index contributed by atoms with van der Waals surface area (Å²) in [5.41, 5.74) is 2.10. The number of hydrogen-bond acceptors (Lipinski definition) is 4. The summed E-state index contributed by atoms with van der Waals surface area (Å²) in [6, 6.07) is 14.1. The highest BCUT2D eigenvalue weighted by atomic mass is 19.1. The van der Waals surface area contributed by atoms with E-state index in [9.17, 15) is 14.0 Å². The van der Waals surface area contributed by atoms with Crippen molar-refractivity contribution in [3.8, 4) is 0 Å². The molecule has 2 aromatic rings. The number of anilines is 1. The standard InChI is InChI=1S/C23H26FN3O3/c24-19-5-3-18(4-6-19)23(9-13-30-14-10-23)22(29)26-15-17-1-7-20(8-2-17)27-12-11-25-21(28)16-27/h1-8H,9-16H2,(H,25,28)(H,26,29). The molecule has 2 fully saturated rings. The predicted molar refractivity (Wildman–Crippen MR) is 112 cm³/mol. The first-order valence-electron chi connectivity index (χ1n) is 10.3. The summed E-state index contributed by atoms with van der Waals surface area (Å²) < 4.78 is 18.9. The summed E-state index contributed by atoms with van der Waals surface area (Å²) in [4.78, 5) is 26.8. The normalized spacial score (nSPS) is 18.6. The van der Waals surface area contributed by atoms with Crippen LogP contribution in [-0.2, 0) is 26.3 Å². The topological polar surface area (TPSA) is 70.7 Å². The van der Waals surface area contributed by atoms with Crippen LogP contribution < -0.4 is 15.5 Å². The van der Waals surface area contributed by atoms with Gasteiger partial charge >= 0.3 is 0 Å². The van der Waals surface area contributed by atoms with E-state index >= 15 is 0 Å². The lowest BCUT2D eigenvalue weighted by Gasteiger charge is -2.36. The zero-order chi connectivity index (χ0) is 21.0. The van der Waals surface area contributed by atoms with Gasteiger partial charge in [0.05, 0.1) is 12.0 Å². The van der Waals surface area contributed by atoms with Crippen LogP contribution in [0.2, 0.25) is 0 Å². The first-order chi connectivity index (χ1) is 14.6. The number of ether oxygens (including phenoxy) is 1. The second-order valence-corrected chi connectivity index (χ2v) is 7.82. The number of nitrogens with zero attached hydrogens (tertiary/aromatic N) is 1. The first kappa shape index (κ1) is 20.3. The molecule has 0 spiro atoms. The van der Waals surface area contributed by atoms with Gasteiger partial charge < -0.3 is 20.3 Å². The number of carbonyl (C=O) groups excluding carboxylic acids is 2. The quantitative estimate of drug-likeness (QED) is 0.791. The van der Waals surface area contributed by atoms with Gasteiger partial charge in [0.15, 0.2) is 0 Å². The SMILES string of the molecule is O=C1CN(c2ccc(CNC(=O)C3(c4ccc(F)cc4)CCOCC3)cc2)CCN1. The predicted octanol–water partition coefficient (Wildman–Crippen LogP) is 2.13. The van der Waals surface area contributed by atoms with Gasteiger partial charge in [-0.05, 0) is 48.2 Å². The van der Waals surface area contributed by atoms with Gasteiger partial charge in [-0.1, -0.05) is 24.3 Å². The molecule has 0 saturated carbocycles. The van der Waals surface area contributed by atoms with Crippen molar-refractivity contribution < 1.29 is 18.7 Å². The van der Waals surface area contributed by atoms with Gasteiger partial charge in [-0.2, -0.15) is 0 Å². The lowest BCUT2D eigenvalue weighted by molar-refractivity contribution is -0.130. The van der Waals surface area contributed by atoms with Gasteiger partial charge in [-0.3, -0.25) is 9.59 Å². The van der Waals surface area contributed by atoms with Crippen LogP contribution in [0.5, 0.6) is 0 Å². The van der Waals surface area contributed by atoms with Gasteiger partial charge in [0.1, 0.15) is 5.82 Å². The molecule has 6 nitrogen and oxygen atoms in total. The molecule has 2 amide bonds. The Labute approximate surface area is 175 Å². The fraction of sp³-hybridized carbons (Fsp3) is 0.391. The Balaban J connectivity index is 1.43. The van der Waals surface area contributed by atoms with Crippen molar-refractivity contribution in [1.29, 1.82) is 0 Å². The van der Waals surface area contributed by atoms with Gasteiger partial charge in [0.2, 0.25) is 11.8 Å². The van der Waals surface area contributed by atoms with Crippen LogP contribution in [-0.4, -0.2) is 44.7 Å². The van der Waals surface area contributed by atoms with Gasteiger partial charge in [-0.15, -0.1) is 0 Å². The minimum atomic E-state index is -0.701. The number of amides is 2. The monoisotopic (exact) mass is 411 g/mol. The summed E-state index contributed by atoms with van der Waals surface area (Å²) in [5.74, 6) is -0.345. The summed E-state index contributed by atoms with van der Waals surface area (Å²) >= 11 is 0. The Morgan fingerprint density at radius 3 is 2.47 bits per heavy atom. The van der Waals surface area contributed by atoms with Crippen molar-refractivity contribution in [3.63, 3.8) is 0 Å². The molecule has 0 aliphatic carbocycles. The molecule has 2 aromatic carbocycles. The highest BCUT2D eigenvalue weighted by Gasteiger charge is 2.41. The molecule has 2 aliphatic rings. The Morgan fingerprint density at radius 1 is 1.10 bits per heavy atom. The van der Waals surface area contributed by atoms with E-state index in [0.29, 0.717) is 45.7 Å². The van der Waals surface area contributed by atoms with Gasteiger partial charge in [0, 0.05) is 38.5 Å². The Kier molecular flexibility index (Phi) is 5.99. The highest BCUT2D eigenvalue weighted by molar-refractivity contribution is 5.88. The van der Waals surface area contributed by atoms with Gasteiger partial charge in [-0.25, -0.2) is 4.39 Å². The van der Waals surface area contributed by atoms with Crippen LogP contribution in [0.15, 0.2) is 48.5 Å². The highest BCUT2D eigenvalue weighted by Crippen LogP contribution is 2.35. The van der Waals surface area contributed by atoms with E-state index in [2.05, 4.69) is 10.6 Å². The first-order valence-corrected chi connectivity index (χ1v) is 10.3. The number of hydrogen-bond donors (Lipinski definition) is 2. The van der Waals surface area contributed by atoms with Crippen molar-refractivity contribution in [2.45, 2.75) is 24.8 Å². The Hall–Kier alpha value is -2.93. The third-order valence-corrected chi connectivity index (χ3v) is 5.97. The minimum absolute atomic E-state index is 0.0279. The molecule has 2 aliphatic heterocycles. The van der Waals surface area contributed by atoms with Crippen LogP contribution in [0.3, 0.4) is 0 Å². The van der Waals surface area contributed by atoms with Crippen LogP contribution >= 0.6 is 0 Å². The van der Waals surface area contributed by atoms with E-state index in [1.807, 2.05) is 29.2 Å². The maximum atomic E-state index is 13.4. The third kappa shape index (κ3) is 4.31. The van der Waals surface area contributed by atoms with Crippen LogP contribution in [0, 0.1) is 5.82 Å². The summed E-state index contributed by atoms with van der Waals surface area (Å²) in [6.07, 6.45) is 1.14. The van der Waals surface area contributed by atoms with E-state index in [-0.39, 0.29) is 17.6 Å². The number of rotatable bonds is 5. The minimum Gasteiger partial charge on any atom is -0.381 e. The molecule has 0 atom stereocenters. The number of benzene rings is 2. The average molecular weight is 411 g/mol. The fourth-order valence-electron chi connectivity index (χ4n) is 4.17. The molecule has 2 saturated heterocycles. The zero-order valence-corrected chi connectivity index (χ0v) is 16.8. The van der Waals surface area contributed by atoms with E-state index < -0.39 is 5.41 Å². The maximum Gasteiger partial charge on any atom is 0.239 e. The molecule has 4 rings (SSSR count). The second kappa shape index (κ2) is 8.83.